The molecule has 0 atom stereocenters. The van der Waals surface area contributed by atoms with E-state index < -0.39 is 27.6 Å². The van der Waals surface area contributed by atoms with Gasteiger partial charge in [-0.25, -0.2) is 0 Å². The standard InChI is InChI=1S/C13H12F3NO3S2/c14-13(15,16)10-2-1-3-11(7-10)21-12-6-9(8-17-12)4-5-22(18,19)20/h1-3,6-8,17H,4-5H2,(H,18,19,20). The van der Waals surface area contributed by atoms with Gasteiger partial charge in [0.15, 0.2) is 0 Å². The molecule has 2 aromatic rings. The topological polar surface area (TPSA) is 70.2 Å². The SMILES string of the molecule is O=S(=O)(O)CCc1c[nH]c(Sc2cccc(C(F)(F)F)c2)c1. The molecule has 0 aliphatic heterocycles. The molecule has 0 aliphatic carbocycles. The summed E-state index contributed by atoms with van der Waals surface area (Å²) in [6.45, 7) is 0. The third-order valence-corrected chi connectivity index (χ3v) is 4.42. The highest BCUT2D eigenvalue weighted by molar-refractivity contribution is 7.99. The molecular formula is C13H12F3NO3S2. The minimum atomic E-state index is -4.40. The fraction of sp³-hybridized carbons (Fsp3) is 0.231. The van der Waals surface area contributed by atoms with E-state index in [1.807, 2.05) is 0 Å². The second-order valence-corrected chi connectivity index (χ2v) is 7.22. The minimum Gasteiger partial charge on any atom is -0.356 e. The van der Waals surface area contributed by atoms with Crippen molar-refractivity contribution in [1.82, 2.24) is 4.98 Å². The summed E-state index contributed by atoms with van der Waals surface area (Å²) in [5, 5.41) is 0.588. The van der Waals surface area contributed by atoms with Crippen molar-refractivity contribution in [1.29, 1.82) is 0 Å². The Morgan fingerprint density at radius 3 is 2.59 bits per heavy atom. The van der Waals surface area contributed by atoms with Crippen LogP contribution in [-0.4, -0.2) is 23.7 Å². The highest BCUT2D eigenvalue weighted by Gasteiger charge is 2.30. The number of H-pyrrole nitrogens is 1. The van der Waals surface area contributed by atoms with Crippen LogP contribution in [0.2, 0.25) is 0 Å². The Labute approximate surface area is 129 Å². The number of aromatic amines is 1. The van der Waals surface area contributed by atoms with Gasteiger partial charge in [0.25, 0.3) is 10.1 Å². The number of alkyl halides is 3. The third-order valence-electron chi connectivity index (χ3n) is 2.75. The van der Waals surface area contributed by atoms with Gasteiger partial charge in [-0.05, 0) is 36.2 Å². The molecule has 9 heteroatoms. The summed E-state index contributed by atoms with van der Waals surface area (Å²) in [7, 11) is -4.04. The molecule has 0 amide bonds. The van der Waals surface area contributed by atoms with Crippen molar-refractivity contribution in [2.45, 2.75) is 22.5 Å². The van der Waals surface area contributed by atoms with Crippen molar-refractivity contribution in [2.24, 2.45) is 0 Å². The zero-order valence-corrected chi connectivity index (χ0v) is 12.7. The average molecular weight is 351 g/mol. The molecule has 0 radical (unpaired) electrons. The summed E-state index contributed by atoms with van der Waals surface area (Å²) in [6.07, 6.45) is -2.72. The van der Waals surface area contributed by atoms with Gasteiger partial charge in [-0.3, -0.25) is 4.55 Å². The Bertz CT molecular complexity index is 754. The number of hydrogen-bond donors (Lipinski definition) is 2. The molecule has 0 unspecified atom stereocenters. The Hall–Kier alpha value is -1.45. The molecule has 0 saturated carbocycles. The van der Waals surface area contributed by atoms with Crippen LogP contribution in [-0.2, 0) is 22.7 Å². The van der Waals surface area contributed by atoms with Crippen molar-refractivity contribution >= 4 is 21.9 Å². The van der Waals surface area contributed by atoms with Gasteiger partial charge in [0.1, 0.15) is 0 Å². The van der Waals surface area contributed by atoms with Crippen LogP contribution in [0.1, 0.15) is 11.1 Å². The van der Waals surface area contributed by atoms with Gasteiger partial charge < -0.3 is 4.98 Å². The monoisotopic (exact) mass is 351 g/mol. The van der Waals surface area contributed by atoms with E-state index in [1.165, 1.54) is 6.07 Å². The fourth-order valence-electron chi connectivity index (χ4n) is 1.73. The number of aryl methyl sites for hydroxylation is 1. The Kier molecular flexibility index (Phi) is 4.88. The van der Waals surface area contributed by atoms with Gasteiger partial charge in [0.2, 0.25) is 0 Å². The van der Waals surface area contributed by atoms with Gasteiger partial charge >= 0.3 is 6.18 Å². The second kappa shape index (κ2) is 6.35. The van der Waals surface area contributed by atoms with Gasteiger partial charge in [-0.1, -0.05) is 17.8 Å². The summed E-state index contributed by atoms with van der Waals surface area (Å²) >= 11 is 1.10. The van der Waals surface area contributed by atoms with Crippen LogP contribution in [0, 0.1) is 0 Å². The molecule has 1 heterocycles. The van der Waals surface area contributed by atoms with Crippen molar-refractivity contribution in [3.63, 3.8) is 0 Å². The Balaban J connectivity index is 2.07. The number of rotatable bonds is 5. The van der Waals surface area contributed by atoms with Crippen molar-refractivity contribution in [3.05, 3.63) is 47.7 Å². The van der Waals surface area contributed by atoms with Crippen molar-refractivity contribution in [3.8, 4) is 0 Å². The van der Waals surface area contributed by atoms with Crippen LogP contribution >= 0.6 is 11.8 Å². The molecule has 0 fully saturated rings. The van der Waals surface area contributed by atoms with E-state index in [0.29, 0.717) is 15.5 Å². The van der Waals surface area contributed by atoms with Crippen LogP contribution in [0.3, 0.4) is 0 Å². The lowest BCUT2D eigenvalue weighted by Crippen LogP contribution is -2.05. The predicted molar refractivity (Wildman–Crippen MR) is 76.5 cm³/mol. The molecule has 2 N–H and O–H groups in total. The molecule has 2 rings (SSSR count). The molecule has 0 spiro atoms. The van der Waals surface area contributed by atoms with Crippen LogP contribution in [0.5, 0.6) is 0 Å². The van der Waals surface area contributed by atoms with Gasteiger partial charge in [-0.15, -0.1) is 0 Å². The molecule has 120 valence electrons. The molecule has 1 aromatic heterocycles. The van der Waals surface area contributed by atoms with E-state index in [-0.39, 0.29) is 6.42 Å². The second-order valence-electron chi connectivity index (χ2n) is 4.54. The minimum absolute atomic E-state index is 0.123. The first-order valence-electron chi connectivity index (χ1n) is 6.11. The maximum atomic E-state index is 12.6. The van der Waals surface area contributed by atoms with Crippen LogP contribution in [0.25, 0.3) is 0 Å². The molecule has 0 saturated heterocycles. The normalized spacial score (nSPS) is 12.5. The van der Waals surface area contributed by atoms with E-state index in [2.05, 4.69) is 4.98 Å². The van der Waals surface area contributed by atoms with E-state index >= 15 is 0 Å². The number of aromatic nitrogens is 1. The lowest BCUT2D eigenvalue weighted by Gasteiger charge is -2.07. The largest absolute Gasteiger partial charge is 0.416 e. The molecular weight excluding hydrogens is 339 g/mol. The van der Waals surface area contributed by atoms with Gasteiger partial charge in [0, 0.05) is 11.1 Å². The number of halogens is 3. The smallest absolute Gasteiger partial charge is 0.356 e. The summed E-state index contributed by atoms with van der Waals surface area (Å²) in [6, 6.07) is 6.56. The first-order valence-corrected chi connectivity index (χ1v) is 8.54. The van der Waals surface area contributed by atoms with Crippen LogP contribution in [0.4, 0.5) is 13.2 Å². The van der Waals surface area contributed by atoms with E-state index in [9.17, 15) is 21.6 Å². The predicted octanol–water partition coefficient (Wildman–Crippen LogP) is 3.62. The molecule has 0 aliphatic rings. The molecule has 1 aromatic carbocycles. The Morgan fingerprint density at radius 1 is 1.23 bits per heavy atom. The third kappa shape index (κ3) is 5.08. The average Bonchev–Trinajstić information content (AvgIpc) is 2.83. The summed E-state index contributed by atoms with van der Waals surface area (Å²) in [4.78, 5) is 3.27. The van der Waals surface area contributed by atoms with Crippen molar-refractivity contribution in [2.75, 3.05) is 5.75 Å². The first-order chi connectivity index (χ1) is 10.1. The number of nitrogens with one attached hydrogen (secondary N) is 1. The van der Waals surface area contributed by atoms with Gasteiger partial charge in [0.05, 0.1) is 16.3 Å². The highest BCUT2D eigenvalue weighted by Crippen LogP contribution is 2.34. The maximum absolute atomic E-state index is 12.6. The van der Waals surface area contributed by atoms with Crippen LogP contribution in [0.15, 0.2) is 46.5 Å². The number of benzene rings is 1. The summed E-state index contributed by atoms with van der Waals surface area (Å²) in [5.41, 5.74) is -0.0808. The molecule has 4 nitrogen and oxygen atoms in total. The van der Waals surface area contributed by atoms with Crippen LogP contribution < -0.4 is 0 Å². The van der Waals surface area contributed by atoms with Crippen molar-refractivity contribution < 1.29 is 26.1 Å². The quantitative estimate of drug-likeness (QED) is 0.808. The zero-order chi connectivity index (χ0) is 16.4. The first kappa shape index (κ1) is 16.9. The maximum Gasteiger partial charge on any atom is 0.416 e. The van der Waals surface area contributed by atoms with E-state index in [1.54, 1.807) is 18.3 Å². The number of hydrogen-bond acceptors (Lipinski definition) is 3. The summed E-state index contributed by atoms with van der Waals surface area (Å²) in [5.74, 6) is -0.404. The molecule has 22 heavy (non-hydrogen) atoms. The zero-order valence-electron chi connectivity index (χ0n) is 11.1. The Morgan fingerprint density at radius 2 is 1.95 bits per heavy atom. The fourth-order valence-corrected chi connectivity index (χ4v) is 3.14. The lowest BCUT2D eigenvalue weighted by atomic mass is 10.2. The highest BCUT2D eigenvalue weighted by atomic mass is 32.2. The summed E-state index contributed by atoms with van der Waals surface area (Å²) < 4.78 is 67.9. The van der Waals surface area contributed by atoms with E-state index in [0.717, 1.165) is 23.9 Å². The van der Waals surface area contributed by atoms with E-state index in [4.69, 9.17) is 4.55 Å². The van der Waals surface area contributed by atoms with Gasteiger partial charge in [-0.2, -0.15) is 21.6 Å². The molecule has 0 bridgehead atoms. The lowest BCUT2D eigenvalue weighted by molar-refractivity contribution is -0.137.